The van der Waals surface area contributed by atoms with Crippen LogP contribution in [0.4, 0.5) is 22.0 Å². The number of benzene rings is 1. The maximum absolute atomic E-state index is 15.0. The molecule has 0 bridgehead atoms. The molecular formula is C28H37FN10O2. The van der Waals surface area contributed by atoms with Crippen LogP contribution in [0.1, 0.15) is 17.3 Å². The molecule has 1 fully saturated rings. The van der Waals surface area contributed by atoms with Gasteiger partial charge in [0.1, 0.15) is 11.5 Å². The Kier molecular flexibility index (Phi) is 8.36. The van der Waals surface area contributed by atoms with Gasteiger partial charge in [0.25, 0.3) is 5.91 Å². The highest BCUT2D eigenvalue weighted by atomic mass is 19.1. The van der Waals surface area contributed by atoms with Gasteiger partial charge in [-0.3, -0.25) is 9.69 Å². The molecule has 1 aliphatic rings. The van der Waals surface area contributed by atoms with E-state index in [-0.39, 0.29) is 23.7 Å². The van der Waals surface area contributed by atoms with E-state index in [1.807, 2.05) is 54.9 Å². The number of fused-ring (bicyclic) bond motifs is 1. The SMILES string of the molecule is CC(CN(C)C)NC(=O)c1ccc(N2CCN(CCN(C)c3nc(N)n4nc(-c5ccco5)cc4n3)CC2)c(F)c1. The zero-order valence-corrected chi connectivity index (χ0v) is 23.9. The molecule has 3 N–H and O–H groups in total. The Morgan fingerprint density at radius 3 is 2.61 bits per heavy atom. The number of aromatic nitrogens is 4. The molecule has 4 heterocycles. The number of piperazine rings is 1. The zero-order chi connectivity index (χ0) is 29.1. The predicted octanol–water partition coefficient (Wildman–Crippen LogP) is 2.04. The Bertz CT molecular complexity index is 1480. The average Bonchev–Trinajstić information content (AvgIpc) is 3.62. The normalized spacial score (nSPS) is 15.0. The fourth-order valence-corrected chi connectivity index (χ4v) is 5.02. The van der Waals surface area contributed by atoms with Gasteiger partial charge >= 0.3 is 0 Å². The molecular weight excluding hydrogens is 527 g/mol. The van der Waals surface area contributed by atoms with E-state index in [1.54, 1.807) is 24.5 Å². The van der Waals surface area contributed by atoms with Crippen LogP contribution in [0.3, 0.4) is 0 Å². The summed E-state index contributed by atoms with van der Waals surface area (Å²) in [6, 6.07) is 10.1. The summed E-state index contributed by atoms with van der Waals surface area (Å²) in [5.41, 5.74) is 8.24. The molecule has 13 heteroatoms. The number of nitrogens with one attached hydrogen (secondary N) is 1. The number of anilines is 3. The summed E-state index contributed by atoms with van der Waals surface area (Å²) in [5.74, 6) is 0.746. The van der Waals surface area contributed by atoms with E-state index in [2.05, 4.69) is 25.3 Å². The minimum Gasteiger partial charge on any atom is -0.463 e. The second-order valence-electron chi connectivity index (χ2n) is 10.7. The monoisotopic (exact) mass is 564 g/mol. The molecule has 1 atom stereocenters. The minimum atomic E-state index is -0.383. The van der Waals surface area contributed by atoms with Crippen LogP contribution in [0.15, 0.2) is 47.1 Å². The molecule has 1 unspecified atom stereocenters. The number of hydrogen-bond acceptors (Lipinski definition) is 10. The molecule has 1 aromatic carbocycles. The van der Waals surface area contributed by atoms with Gasteiger partial charge in [0.15, 0.2) is 11.4 Å². The van der Waals surface area contributed by atoms with Crippen LogP contribution in [-0.2, 0) is 0 Å². The third kappa shape index (κ3) is 6.57. The second kappa shape index (κ2) is 12.1. The van der Waals surface area contributed by atoms with Crippen LogP contribution < -0.4 is 20.9 Å². The van der Waals surface area contributed by atoms with Gasteiger partial charge in [-0.05, 0) is 51.4 Å². The molecule has 41 heavy (non-hydrogen) atoms. The first-order valence-electron chi connectivity index (χ1n) is 13.7. The van der Waals surface area contributed by atoms with Gasteiger partial charge in [-0.1, -0.05) is 0 Å². The number of likely N-dealkylation sites (N-methyl/N-ethyl adjacent to an activating group) is 2. The number of amides is 1. The largest absolute Gasteiger partial charge is 0.463 e. The quantitative estimate of drug-likeness (QED) is 0.296. The summed E-state index contributed by atoms with van der Waals surface area (Å²) >= 11 is 0. The smallest absolute Gasteiger partial charge is 0.251 e. The number of carbonyl (C=O) groups excluding carboxylic acids is 1. The number of hydrogen-bond donors (Lipinski definition) is 2. The van der Waals surface area contributed by atoms with Crippen LogP contribution in [0.2, 0.25) is 0 Å². The number of halogens is 1. The van der Waals surface area contributed by atoms with Crippen molar-refractivity contribution < 1.29 is 13.6 Å². The second-order valence-corrected chi connectivity index (χ2v) is 10.7. The summed E-state index contributed by atoms with van der Waals surface area (Å²) in [6.45, 7) is 7.07. The highest BCUT2D eigenvalue weighted by molar-refractivity contribution is 5.94. The topological polar surface area (TPSA) is 124 Å². The van der Waals surface area contributed by atoms with Crippen molar-refractivity contribution in [2.45, 2.75) is 13.0 Å². The van der Waals surface area contributed by atoms with E-state index in [0.717, 1.165) is 19.6 Å². The van der Waals surface area contributed by atoms with Gasteiger partial charge in [0.2, 0.25) is 11.9 Å². The lowest BCUT2D eigenvalue weighted by Crippen LogP contribution is -2.48. The number of furan rings is 1. The molecule has 0 aliphatic carbocycles. The van der Waals surface area contributed by atoms with E-state index in [0.29, 0.717) is 60.5 Å². The number of nitrogen functional groups attached to an aromatic ring is 1. The van der Waals surface area contributed by atoms with Crippen molar-refractivity contribution in [1.29, 1.82) is 0 Å². The summed E-state index contributed by atoms with van der Waals surface area (Å²) in [7, 11) is 5.82. The Balaban J connectivity index is 1.13. The van der Waals surface area contributed by atoms with Crippen LogP contribution in [0.25, 0.3) is 17.1 Å². The third-order valence-electron chi connectivity index (χ3n) is 7.14. The molecule has 0 spiro atoms. The van der Waals surface area contributed by atoms with Crippen LogP contribution in [0, 0.1) is 5.82 Å². The van der Waals surface area contributed by atoms with Crippen LogP contribution in [0.5, 0.6) is 0 Å². The van der Waals surface area contributed by atoms with E-state index >= 15 is 4.39 Å². The van der Waals surface area contributed by atoms with Gasteiger partial charge in [0, 0.05) is 70.5 Å². The van der Waals surface area contributed by atoms with E-state index < -0.39 is 0 Å². The third-order valence-corrected chi connectivity index (χ3v) is 7.14. The molecule has 12 nitrogen and oxygen atoms in total. The molecule has 0 saturated carbocycles. The van der Waals surface area contributed by atoms with E-state index in [1.165, 1.54) is 10.6 Å². The van der Waals surface area contributed by atoms with Gasteiger partial charge in [-0.15, -0.1) is 0 Å². The van der Waals surface area contributed by atoms with Crippen LogP contribution in [-0.4, -0.2) is 108 Å². The molecule has 1 amide bonds. The molecule has 3 aromatic heterocycles. The molecule has 5 rings (SSSR count). The minimum absolute atomic E-state index is 0.0367. The number of rotatable bonds is 10. The highest BCUT2D eigenvalue weighted by Gasteiger charge is 2.22. The molecule has 1 saturated heterocycles. The maximum atomic E-state index is 15.0. The standard InChI is InChI=1S/C28H37FN10O2/c1-19(18-35(2)3)31-26(40)20-7-8-23(21(29)16-20)38-13-11-37(12-14-38)10-9-36(4)28-32-25-17-22(24-6-5-15-41-24)34-39(25)27(30)33-28/h5-8,15-17,19H,9-14,18H2,1-4H3,(H,31,40)(H2,30,32,33). The molecule has 1 aliphatic heterocycles. The van der Waals surface area contributed by atoms with Crippen molar-refractivity contribution in [3.63, 3.8) is 0 Å². The van der Waals surface area contributed by atoms with Gasteiger partial charge in [0.05, 0.1) is 12.0 Å². The lowest BCUT2D eigenvalue weighted by atomic mass is 10.1. The van der Waals surface area contributed by atoms with E-state index in [4.69, 9.17) is 10.2 Å². The van der Waals surface area contributed by atoms with Crippen molar-refractivity contribution in [3.8, 4) is 11.5 Å². The highest BCUT2D eigenvalue weighted by Crippen LogP contribution is 2.23. The van der Waals surface area contributed by atoms with Gasteiger partial charge < -0.3 is 30.2 Å². The Morgan fingerprint density at radius 2 is 1.93 bits per heavy atom. The number of nitrogens with two attached hydrogens (primary N) is 1. The maximum Gasteiger partial charge on any atom is 0.251 e. The Morgan fingerprint density at radius 1 is 1.15 bits per heavy atom. The van der Waals surface area contributed by atoms with E-state index in [9.17, 15) is 4.79 Å². The Hall–Kier alpha value is -4.23. The first-order chi connectivity index (χ1) is 19.7. The van der Waals surface area contributed by atoms with Crippen molar-refractivity contribution in [2.24, 2.45) is 0 Å². The van der Waals surface area contributed by atoms with Crippen molar-refractivity contribution >= 4 is 29.1 Å². The average molecular weight is 565 g/mol. The number of nitrogens with zero attached hydrogens (tertiary/aromatic N) is 8. The summed E-state index contributed by atoms with van der Waals surface area (Å²) in [6.07, 6.45) is 1.59. The Labute approximate surface area is 238 Å². The lowest BCUT2D eigenvalue weighted by molar-refractivity contribution is 0.0934. The molecule has 4 aromatic rings. The first kappa shape index (κ1) is 28.3. The predicted molar refractivity (Wildman–Crippen MR) is 157 cm³/mol. The summed E-state index contributed by atoms with van der Waals surface area (Å²) < 4.78 is 21.9. The van der Waals surface area contributed by atoms with Gasteiger partial charge in [-0.2, -0.15) is 19.6 Å². The fraction of sp³-hybridized carbons (Fsp3) is 0.429. The molecule has 218 valence electrons. The number of carbonyl (C=O) groups is 1. The first-order valence-corrected chi connectivity index (χ1v) is 13.7. The van der Waals surface area contributed by atoms with Gasteiger partial charge in [-0.25, -0.2) is 4.39 Å². The summed E-state index contributed by atoms with van der Waals surface area (Å²) in [4.78, 5) is 29.9. The van der Waals surface area contributed by atoms with Crippen molar-refractivity contribution in [3.05, 3.63) is 54.0 Å². The van der Waals surface area contributed by atoms with Crippen molar-refractivity contribution in [2.75, 3.05) is 82.5 Å². The fourth-order valence-electron chi connectivity index (χ4n) is 5.02. The zero-order valence-electron chi connectivity index (χ0n) is 23.9. The molecule has 0 radical (unpaired) electrons. The van der Waals surface area contributed by atoms with Crippen molar-refractivity contribution in [1.82, 2.24) is 34.7 Å². The van der Waals surface area contributed by atoms with Crippen LogP contribution >= 0.6 is 0 Å². The lowest BCUT2D eigenvalue weighted by Gasteiger charge is -2.36. The summed E-state index contributed by atoms with van der Waals surface area (Å²) in [5, 5.41) is 7.36.